The number of para-hydroxylation sites is 1. The minimum absolute atomic E-state index is 0.268. The number of nitrogens with one attached hydrogen (secondary N) is 1. The van der Waals surface area contributed by atoms with Gasteiger partial charge in [0, 0.05) is 5.69 Å². The van der Waals surface area contributed by atoms with Gasteiger partial charge in [0.25, 0.3) is 5.56 Å². The molecule has 6 heteroatoms. The summed E-state index contributed by atoms with van der Waals surface area (Å²) in [4.78, 5) is 20.9. The number of nitrogens with two attached hydrogens (primary N) is 1. The lowest BCUT2D eigenvalue weighted by Gasteiger charge is -2.17. The molecule has 3 aromatic rings. The van der Waals surface area contributed by atoms with E-state index >= 15 is 0 Å². The minimum Gasteiger partial charge on any atom is -0.293 e. The third-order valence-corrected chi connectivity index (χ3v) is 3.66. The van der Waals surface area contributed by atoms with Crippen LogP contribution < -0.4 is 16.8 Å². The number of benzene rings is 1. The van der Waals surface area contributed by atoms with Crippen molar-refractivity contribution in [2.75, 3.05) is 5.43 Å². The molecule has 3 N–H and O–H groups in total. The second kappa shape index (κ2) is 5.23. The molecule has 0 fully saturated rings. The summed E-state index contributed by atoms with van der Waals surface area (Å²) in [7, 11) is 0. The predicted molar refractivity (Wildman–Crippen MR) is 87.2 cm³/mol. The highest BCUT2D eigenvalue weighted by atomic mass is 16.1. The first kappa shape index (κ1) is 14.2. The topological polar surface area (TPSA) is 85.8 Å². The highest BCUT2D eigenvalue weighted by Gasteiger charge is 2.16. The first-order valence-electron chi connectivity index (χ1n) is 6.96. The Hall–Kier alpha value is -2.73. The van der Waals surface area contributed by atoms with Crippen LogP contribution in [0.3, 0.4) is 0 Å². The number of nitrogen functional groups attached to an aromatic ring is 1. The monoisotopic (exact) mass is 295 g/mol. The predicted octanol–water partition coefficient (Wildman–Crippen LogP) is 1.99. The van der Waals surface area contributed by atoms with E-state index in [0.717, 1.165) is 22.5 Å². The Kier molecular flexibility index (Phi) is 3.38. The fourth-order valence-electron chi connectivity index (χ4n) is 2.68. The maximum Gasteiger partial charge on any atom is 0.284 e. The Bertz CT molecular complexity index is 930. The van der Waals surface area contributed by atoms with Crippen molar-refractivity contribution in [3.8, 4) is 5.69 Å². The molecular formula is C16H17N5O. The molecule has 0 amide bonds. The third-order valence-electron chi connectivity index (χ3n) is 3.66. The van der Waals surface area contributed by atoms with E-state index in [1.165, 1.54) is 0 Å². The van der Waals surface area contributed by atoms with Crippen LogP contribution in [0, 0.1) is 20.8 Å². The van der Waals surface area contributed by atoms with E-state index in [9.17, 15) is 4.79 Å². The fraction of sp³-hybridized carbons (Fsp3) is 0.188. The van der Waals surface area contributed by atoms with Crippen LogP contribution in [-0.4, -0.2) is 14.5 Å². The summed E-state index contributed by atoms with van der Waals surface area (Å²) >= 11 is 0. The highest BCUT2D eigenvalue weighted by molar-refractivity contribution is 5.81. The number of pyridine rings is 1. The molecule has 2 aromatic heterocycles. The first-order valence-corrected chi connectivity index (χ1v) is 6.96. The normalized spacial score (nSPS) is 10.9. The van der Waals surface area contributed by atoms with E-state index in [1.807, 2.05) is 51.1 Å². The maximum atomic E-state index is 12.3. The smallest absolute Gasteiger partial charge is 0.284 e. The van der Waals surface area contributed by atoms with Crippen molar-refractivity contribution in [3.05, 3.63) is 57.5 Å². The van der Waals surface area contributed by atoms with E-state index in [2.05, 4.69) is 15.4 Å². The van der Waals surface area contributed by atoms with Crippen LogP contribution in [0.4, 0.5) is 5.95 Å². The molecule has 0 bridgehead atoms. The molecule has 0 aliphatic carbocycles. The second-order valence-corrected chi connectivity index (χ2v) is 5.29. The zero-order valence-electron chi connectivity index (χ0n) is 12.7. The molecule has 0 radical (unpaired) electrons. The largest absolute Gasteiger partial charge is 0.293 e. The summed E-state index contributed by atoms with van der Waals surface area (Å²) in [6.45, 7) is 5.77. The number of rotatable bonds is 2. The van der Waals surface area contributed by atoms with Gasteiger partial charge in [-0.25, -0.2) is 10.8 Å². The molecule has 2 heterocycles. The van der Waals surface area contributed by atoms with Crippen LogP contribution in [-0.2, 0) is 0 Å². The lowest BCUT2D eigenvalue weighted by Crippen LogP contribution is -2.23. The van der Waals surface area contributed by atoms with Gasteiger partial charge in [-0.1, -0.05) is 18.2 Å². The van der Waals surface area contributed by atoms with Gasteiger partial charge in [-0.15, -0.1) is 0 Å². The Morgan fingerprint density at radius 3 is 2.50 bits per heavy atom. The lowest BCUT2D eigenvalue weighted by atomic mass is 10.1. The van der Waals surface area contributed by atoms with Gasteiger partial charge < -0.3 is 0 Å². The minimum atomic E-state index is -0.335. The van der Waals surface area contributed by atoms with Gasteiger partial charge >= 0.3 is 0 Å². The van der Waals surface area contributed by atoms with Crippen LogP contribution in [0.1, 0.15) is 16.8 Å². The molecule has 0 atom stereocenters. The molecule has 0 saturated carbocycles. The van der Waals surface area contributed by atoms with Crippen molar-refractivity contribution < 1.29 is 0 Å². The van der Waals surface area contributed by atoms with Crippen LogP contribution in [0.2, 0.25) is 0 Å². The van der Waals surface area contributed by atoms with Gasteiger partial charge in [0.1, 0.15) is 0 Å². The number of aromatic nitrogens is 3. The highest BCUT2D eigenvalue weighted by Crippen LogP contribution is 2.23. The van der Waals surface area contributed by atoms with Crippen molar-refractivity contribution in [2.24, 2.45) is 5.84 Å². The van der Waals surface area contributed by atoms with Crippen molar-refractivity contribution in [3.63, 3.8) is 0 Å². The molecular weight excluding hydrogens is 278 g/mol. The van der Waals surface area contributed by atoms with Crippen molar-refractivity contribution in [1.29, 1.82) is 0 Å². The number of anilines is 1. The third kappa shape index (κ3) is 2.14. The Labute approximate surface area is 127 Å². The Morgan fingerprint density at radius 2 is 1.82 bits per heavy atom. The summed E-state index contributed by atoms with van der Waals surface area (Å²) in [5, 5.41) is 0.507. The number of hydrogen-bond acceptors (Lipinski definition) is 5. The van der Waals surface area contributed by atoms with E-state index < -0.39 is 0 Å². The summed E-state index contributed by atoms with van der Waals surface area (Å²) in [6, 6.07) is 9.69. The molecule has 3 rings (SSSR count). The van der Waals surface area contributed by atoms with Gasteiger partial charge in [-0.05, 0) is 44.0 Å². The van der Waals surface area contributed by atoms with Crippen LogP contribution >= 0.6 is 0 Å². The van der Waals surface area contributed by atoms with Crippen LogP contribution in [0.5, 0.6) is 0 Å². The molecule has 0 aliphatic heterocycles. The first-order chi connectivity index (χ1) is 10.5. The number of aryl methyl sites for hydroxylation is 3. The summed E-state index contributed by atoms with van der Waals surface area (Å²) in [6.07, 6.45) is 0. The van der Waals surface area contributed by atoms with Crippen molar-refractivity contribution >= 4 is 17.0 Å². The molecule has 0 saturated heterocycles. The summed E-state index contributed by atoms with van der Waals surface area (Å²) in [5.41, 5.74) is 6.33. The van der Waals surface area contributed by atoms with E-state index in [4.69, 9.17) is 5.84 Å². The Balaban J connectivity index is 2.55. The quantitative estimate of drug-likeness (QED) is 0.558. The number of fused-ring (bicyclic) bond motifs is 1. The van der Waals surface area contributed by atoms with E-state index in [-0.39, 0.29) is 11.5 Å². The fourth-order valence-corrected chi connectivity index (χ4v) is 2.68. The number of hydrazine groups is 1. The maximum absolute atomic E-state index is 12.3. The van der Waals surface area contributed by atoms with Crippen molar-refractivity contribution in [1.82, 2.24) is 14.5 Å². The van der Waals surface area contributed by atoms with Gasteiger partial charge in [0.2, 0.25) is 5.95 Å². The van der Waals surface area contributed by atoms with E-state index in [1.54, 1.807) is 4.57 Å². The van der Waals surface area contributed by atoms with Gasteiger partial charge in [0.15, 0.2) is 5.65 Å². The number of hydrogen-bond donors (Lipinski definition) is 2. The molecule has 0 aliphatic rings. The van der Waals surface area contributed by atoms with Crippen LogP contribution in [0.25, 0.3) is 16.7 Å². The molecule has 1 aromatic carbocycles. The van der Waals surface area contributed by atoms with Gasteiger partial charge in [-0.2, -0.15) is 4.98 Å². The van der Waals surface area contributed by atoms with Crippen molar-refractivity contribution in [2.45, 2.75) is 20.8 Å². The van der Waals surface area contributed by atoms with Crippen LogP contribution in [0.15, 0.2) is 35.1 Å². The van der Waals surface area contributed by atoms with Gasteiger partial charge in [-0.3, -0.25) is 14.8 Å². The summed E-state index contributed by atoms with van der Waals surface area (Å²) < 4.78 is 1.78. The average Bonchev–Trinajstić information content (AvgIpc) is 2.47. The Morgan fingerprint density at radius 1 is 1.09 bits per heavy atom. The molecule has 112 valence electrons. The van der Waals surface area contributed by atoms with Gasteiger partial charge in [0.05, 0.1) is 11.1 Å². The lowest BCUT2D eigenvalue weighted by molar-refractivity contribution is 0.964. The molecule has 0 spiro atoms. The second-order valence-electron chi connectivity index (χ2n) is 5.29. The average molecular weight is 295 g/mol. The van der Waals surface area contributed by atoms with E-state index in [0.29, 0.717) is 11.0 Å². The zero-order valence-corrected chi connectivity index (χ0v) is 12.7. The molecule has 22 heavy (non-hydrogen) atoms. The SMILES string of the molecule is Cc1cc(C)c2c(=O)nc(NN)n(-c3ccccc3C)c2n1. The zero-order chi connectivity index (χ0) is 15.9. The summed E-state index contributed by atoms with van der Waals surface area (Å²) in [5.74, 6) is 5.84. The number of nitrogens with zero attached hydrogens (tertiary/aromatic N) is 3. The standard InChI is InChI=1S/C16H17N5O/c1-9-6-4-5-7-12(9)21-14-13(10(2)8-11(3)18-14)15(22)19-16(21)20-17/h4-8H,17H2,1-3H3,(H,19,20,22). The molecule has 6 nitrogen and oxygen atoms in total. The molecule has 0 unspecified atom stereocenters.